The number of nitrogens with zero attached hydrogens (tertiary/aromatic N) is 1. The third-order valence-electron chi connectivity index (χ3n) is 8.09. The maximum atomic E-state index is 12.8. The number of aromatic nitrogens is 1. The highest BCUT2D eigenvalue weighted by molar-refractivity contribution is 5.77. The van der Waals surface area contributed by atoms with Crippen molar-refractivity contribution in [2.75, 3.05) is 0 Å². The van der Waals surface area contributed by atoms with Crippen LogP contribution < -0.4 is 10.1 Å². The normalized spacial score (nSPS) is 36.9. The van der Waals surface area contributed by atoms with Gasteiger partial charge in [-0.25, -0.2) is 4.98 Å². The Balaban J connectivity index is 1.08. The predicted molar refractivity (Wildman–Crippen MR) is 109 cm³/mol. The fourth-order valence-corrected chi connectivity index (χ4v) is 7.24. The summed E-state index contributed by atoms with van der Waals surface area (Å²) in [7, 11) is 0. The molecule has 5 saturated carbocycles. The zero-order chi connectivity index (χ0) is 21.6. The van der Waals surface area contributed by atoms with Crippen LogP contribution >= 0.6 is 0 Å². The first-order chi connectivity index (χ1) is 14.8. The number of carbonyl (C=O) groups is 1. The zero-order valence-electron chi connectivity index (χ0n) is 17.8. The second-order valence-electron chi connectivity index (χ2n) is 10.6. The van der Waals surface area contributed by atoms with E-state index in [1.165, 1.54) is 44.6 Å². The molecule has 0 atom stereocenters. The van der Waals surface area contributed by atoms with Gasteiger partial charge >= 0.3 is 6.18 Å². The number of hydrogen-bond donors (Lipinski definition) is 1. The Bertz CT molecular complexity index is 765. The third kappa shape index (κ3) is 4.70. The molecule has 4 bridgehead atoms. The van der Waals surface area contributed by atoms with E-state index in [0.29, 0.717) is 6.42 Å². The highest BCUT2D eigenvalue weighted by Gasteiger charge is 2.51. The molecule has 5 aliphatic carbocycles. The van der Waals surface area contributed by atoms with Crippen LogP contribution in [0.4, 0.5) is 13.2 Å². The van der Waals surface area contributed by atoms with Crippen molar-refractivity contribution >= 4 is 5.91 Å². The van der Waals surface area contributed by atoms with Crippen molar-refractivity contribution in [2.24, 2.45) is 23.2 Å². The minimum absolute atomic E-state index is 0.0689. The molecule has 0 unspecified atom stereocenters. The van der Waals surface area contributed by atoms with E-state index in [0.717, 1.165) is 55.7 Å². The van der Waals surface area contributed by atoms with Crippen molar-refractivity contribution in [3.8, 4) is 5.88 Å². The molecular weight excluding hydrogens is 405 g/mol. The molecule has 0 radical (unpaired) electrons. The average molecular weight is 437 g/mol. The molecule has 1 aromatic rings. The maximum absolute atomic E-state index is 12.8. The van der Waals surface area contributed by atoms with Crippen molar-refractivity contribution in [3.63, 3.8) is 0 Å². The minimum atomic E-state index is -4.39. The van der Waals surface area contributed by atoms with E-state index in [1.54, 1.807) is 0 Å². The molecule has 5 fully saturated rings. The highest BCUT2D eigenvalue weighted by atomic mass is 19.4. The average Bonchev–Trinajstić information content (AvgIpc) is 2.68. The molecule has 1 aromatic heterocycles. The van der Waals surface area contributed by atoms with Crippen LogP contribution in [0.1, 0.15) is 76.2 Å². The summed E-state index contributed by atoms with van der Waals surface area (Å²) in [5, 5.41) is 3.27. The van der Waals surface area contributed by atoms with Crippen molar-refractivity contribution in [1.29, 1.82) is 0 Å². The van der Waals surface area contributed by atoms with Gasteiger partial charge in [-0.3, -0.25) is 4.79 Å². The molecule has 5 aliphatic rings. The van der Waals surface area contributed by atoms with Gasteiger partial charge in [0.25, 0.3) is 0 Å². The molecule has 6 rings (SSSR count). The van der Waals surface area contributed by atoms with Crippen molar-refractivity contribution in [3.05, 3.63) is 23.9 Å². The lowest BCUT2D eigenvalue weighted by Gasteiger charge is -2.56. The standard InChI is InChI=1S/C24H31F3N2O2/c25-24(26,27)18-1-6-22(28-14-18)31-20-4-2-19(3-5-20)29-21(30)13-23-10-15-7-16(11-23)9-17(8-15)12-23/h1,6,14-17,19-20H,2-5,7-13H2,(H,29,30). The van der Waals surface area contributed by atoms with E-state index in [-0.39, 0.29) is 29.3 Å². The largest absolute Gasteiger partial charge is 0.474 e. The molecule has 1 amide bonds. The predicted octanol–water partition coefficient (Wildman–Crippen LogP) is 5.51. The van der Waals surface area contributed by atoms with Crippen LogP contribution in [0.2, 0.25) is 0 Å². The molecule has 0 saturated heterocycles. The van der Waals surface area contributed by atoms with E-state index < -0.39 is 11.7 Å². The Morgan fingerprint density at radius 1 is 1.03 bits per heavy atom. The first-order valence-corrected chi connectivity index (χ1v) is 11.8. The number of alkyl halides is 3. The quantitative estimate of drug-likeness (QED) is 0.662. The summed E-state index contributed by atoms with van der Waals surface area (Å²) in [5.41, 5.74) is -0.516. The first kappa shape index (κ1) is 21.1. The van der Waals surface area contributed by atoms with Gasteiger partial charge in [0.1, 0.15) is 6.10 Å². The fraction of sp³-hybridized carbons (Fsp3) is 0.750. The number of amides is 1. The number of carbonyl (C=O) groups excluding carboxylic acids is 1. The molecule has 0 spiro atoms. The first-order valence-electron chi connectivity index (χ1n) is 11.8. The monoisotopic (exact) mass is 436 g/mol. The van der Waals surface area contributed by atoms with E-state index in [4.69, 9.17) is 4.74 Å². The summed E-state index contributed by atoms with van der Waals surface area (Å²) in [6.45, 7) is 0. The summed E-state index contributed by atoms with van der Waals surface area (Å²) in [5.74, 6) is 2.99. The molecule has 170 valence electrons. The smallest absolute Gasteiger partial charge is 0.417 e. The summed E-state index contributed by atoms with van der Waals surface area (Å²) in [4.78, 5) is 16.6. The number of pyridine rings is 1. The van der Waals surface area contributed by atoms with E-state index >= 15 is 0 Å². The van der Waals surface area contributed by atoms with E-state index in [1.807, 2.05) is 0 Å². The highest BCUT2D eigenvalue weighted by Crippen LogP contribution is 2.61. The van der Waals surface area contributed by atoms with Crippen LogP contribution in [-0.2, 0) is 11.0 Å². The Morgan fingerprint density at radius 2 is 1.65 bits per heavy atom. The SMILES string of the molecule is O=C(CC12CC3CC(CC(C3)C1)C2)NC1CCC(Oc2ccc(C(F)(F)F)cn2)CC1. The summed E-state index contributed by atoms with van der Waals surface area (Å²) < 4.78 is 43.7. The summed E-state index contributed by atoms with van der Waals surface area (Å²) >= 11 is 0. The molecule has 1 heterocycles. The summed E-state index contributed by atoms with van der Waals surface area (Å²) in [6.07, 6.45) is 8.13. The van der Waals surface area contributed by atoms with Gasteiger partial charge in [-0.05, 0) is 93.4 Å². The second-order valence-corrected chi connectivity index (χ2v) is 10.6. The second kappa shape index (κ2) is 7.96. The lowest BCUT2D eigenvalue weighted by Crippen LogP contribution is -2.49. The van der Waals surface area contributed by atoms with Crippen LogP contribution in [0.3, 0.4) is 0 Å². The Labute approximate surface area is 181 Å². The van der Waals surface area contributed by atoms with E-state index in [2.05, 4.69) is 10.3 Å². The number of ether oxygens (including phenoxy) is 1. The lowest BCUT2D eigenvalue weighted by molar-refractivity contribution is -0.138. The van der Waals surface area contributed by atoms with Gasteiger partial charge in [0.15, 0.2) is 0 Å². The molecule has 0 aliphatic heterocycles. The van der Waals surface area contributed by atoms with Gasteiger partial charge in [0, 0.05) is 24.7 Å². The van der Waals surface area contributed by atoms with E-state index in [9.17, 15) is 18.0 Å². The van der Waals surface area contributed by atoms with Crippen LogP contribution in [0.25, 0.3) is 0 Å². The van der Waals surface area contributed by atoms with Gasteiger partial charge in [0.2, 0.25) is 11.8 Å². The van der Waals surface area contributed by atoms with Crippen LogP contribution in [0.15, 0.2) is 18.3 Å². The fourth-order valence-electron chi connectivity index (χ4n) is 7.24. The zero-order valence-corrected chi connectivity index (χ0v) is 17.8. The van der Waals surface area contributed by atoms with Gasteiger partial charge in [0.05, 0.1) is 5.56 Å². The van der Waals surface area contributed by atoms with Crippen molar-refractivity contribution in [1.82, 2.24) is 10.3 Å². The third-order valence-corrected chi connectivity index (χ3v) is 8.09. The number of halogens is 3. The minimum Gasteiger partial charge on any atom is -0.474 e. The molecule has 7 heteroatoms. The summed E-state index contributed by atoms with van der Waals surface area (Å²) in [6, 6.07) is 2.45. The Kier molecular flexibility index (Phi) is 5.41. The van der Waals surface area contributed by atoms with Crippen LogP contribution in [-0.4, -0.2) is 23.0 Å². The molecule has 0 aromatic carbocycles. The number of rotatable bonds is 5. The van der Waals surface area contributed by atoms with Crippen molar-refractivity contribution in [2.45, 2.75) is 89.0 Å². The van der Waals surface area contributed by atoms with Gasteiger partial charge in [-0.1, -0.05) is 0 Å². The molecule has 31 heavy (non-hydrogen) atoms. The molecular formula is C24H31F3N2O2. The van der Waals surface area contributed by atoms with Crippen molar-refractivity contribution < 1.29 is 22.7 Å². The topological polar surface area (TPSA) is 51.2 Å². The molecule has 4 nitrogen and oxygen atoms in total. The maximum Gasteiger partial charge on any atom is 0.417 e. The van der Waals surface area contributed by atoms with Gasteiger partial charge in [-0.2, -0.15) is 13.2 Å². The van der Waals surface area contributed by atoms with Gasteiger partial charge < -0.3 is 10.1 Å². The molecule has 1 N–H and O–H groups in total. The van der Waals surface area contributed by atoms with Crippen LogP contribution in [0.5, 0.6) is 5.88 Å². The number of hydrogen-bond acceptors (Lipinski definition) is 3. The van der Waals surface area contributed by atoms with Gasteiger partial charge in [-0.15, -0.1) is 0 Å². The Hall–Kier alpha value is -1.79. The van der Waals surface area contributed by atoms with Crippen LogP contribution in [0, 0.1) is 23.2 Å². The number of nitrogens with one attached hydrogen (secondary N) is 1. The Morgan fingerprint density at radius 3 is 2.16 bits per heavy atom. The lowest BCUT2D eigenvalue weighted by atomic mass is 9.49.